The molecule has 6 nitrogen and oxygen atoms in total. The number of anilines is 1. The van der Waals surface area contributed by atoms with Gasteiger partial charge in [0.25, 0.3) is 5.91 Å². The molecule has 1 saturated heterocycles. The lowest BCUT2D eigenvalue weighted by Crippen LogP contribution is -2.45. The number of nitrogens with one attached hydrogen (secondary N) is 1. The third-order valence-corrected chi connectivity index (χ3v) is 5.78. The Kier molecular flexibility index (Phi) is 4.72. The summed E-state index contributed by atoms with van der Waals surface area (Å²) in [7, 11) is 0. The van der Waals surface area contributed by atoms with Crippen LogP contribution >= 0.6 is 11.3 Å². The first-order valence-electron chi connectivity index (χ1n) is 8.99. The highest BCUT2D eigenvalue weighted by Gasteiger charge is 2.27. The minimum absolute atomic E-state index is 0.0989. The lowest BCUT2D eigenvalue weighted by molar-refractivity contribution is 0.0719. The van der Waals surface area contributed by atoms with Crippen molar-refractivity contribution in [3.8, 4) is 11.5 Å². The van der Waals surface area contributed by atoms with E-state index >= 15 is 0 Å². The number of amides is 1. The Morgan fingerprint density at radius 1 is 1.27 bits per heavy atom. The van der Waals surface area contributed by atoms with E-state index in [9.17, 15) is 4.79 Å². The molecular weight excluding hydrogens is 350 g/mol. The van der Waals surface area contributed by atoms with Crippen molar-refractivity contribution in [3.05, 3.63) is 33.8 Å². The van der Waals surface area contributed by atoms with E-state index in [4.69, 9.17) is 9.47 Å². The van der Waals surface area contributed by atoms with Crippen molar-refractivity contribution < 1.29 is 14.3 Å². The molecule has 0 saturated carbocycles. The largest absolute Gasteiger partial charge is 0.486 e. The number of thiazole rings is 1. The van der Waals surface area contributed by atoms with Crippen LogP contribution in [0.1, 0.15) is 33.2 Å². The molecule has 0 aliphatic carbocycles. The molecule has 2 aliphatic heterocycles. The number of piperidine rings is 1. The number of ether oxygens (including phenoxy) is 2. The van der Waals surface area contributed by atoms with Crippen molar-refractivity contribution in [2.75, 3.05) is 31.6 Å². The van der Waals surface area contributed by atoms with Crippen LogP contribution in [0.3, 0.4) is 0 Å². The van der Waals surface area contributed by atoms with Crippen LogP contribution in [0.2, 0.25) is 0 Å². The second-order valence-corrected chi connectivity index (χ2v) is 7.94. The van der Waals surface area contributed by atoms with Gasteiger partial charge in [-0.3, -0.25) is 4.79 Å². The Morgan fingerprint density at radius 2 is 2.08 bits per heavy atom. The zero-order valence-corrected chi connectivity index (χ0v) is 15.9. The lowest BCUT2D eigenvalue weighted by Gasteiger charge is -2.33. The third-order valence-electron chi connectivity index (χ3n) is 4.72. The lowest BCUT2D eigenvalue weighted by atomic mass is 10.0. The predicted molar refractivity (Wildman–Crippen MR) is 102 cm³/mol. The number of benzene rings is 1. The average molecular weight is 373 g/mol. The molecule has 0 radical (unpaired) electrons. The summed E-state index contributed by atoms with van der Waals surface area (Å²) in [5.74, 6) is 1.67. The average Bonchev–Trinajstić information content (AvgIpc) is 2.99. The molecular formula is C19H23N3O3S. The van der Waals surface area contributed by atoms with Crippen molar-refractivity contribution in [1.82, 2.24) is 9.88 Å². The van der Waals surface area contributed by atoms with Gasteiger partial charge in [0.1, 0.15) is 18.1 Å². The Hall–Kier alpha value is -2.28. The molecule has 0 spiro atoms. The van der Waals surface area contributed by atoms with Crippen molar-refractivity contribution in [1.29, 1.82) is 0 Å². The van der Waals surface area contributed by atoms with Crippen LogP contribution in [0.4, 0.5) is 5.69 Å². The second-order valence-electron chi connectivity index (χ2n) is 6.74. The fraction of sp³-hybridized carbons (Fsp3) is 0.474. The maximum Gasteiger partial charge on any atom is 0.265 e. The highest BCUT2D eigenvalue weighted by Crippen LogP contribution is 2.33. The molecule has 4 rings (SSSR count). The quantitative estimate of drug-likeness (QED) is 0.895. The van der Waals surface area contributed by atoms with Crippen LogP contribution in [0.15, 0.2) is 18.2 Å². The van der Waals surface area contributed by atoms with Gasteiger partial charge in [0.15, 0.2) is 11.5 Å². The highest BCUT2D eigenvalue weighted by molar-refractivity contribution is 7.13. The first-order chi connectivity index (χ1) is 12.6. The Morgan fingerprint density at radius 3 is 2.85 bits per heavy atom. The van der Waals surface area contributed by atoms with E-state index in [0.717, 1.165) is 52.2 Å². The minimum Gasteiger partial charge on any atom is -0.486 e. The van der Waals surface area contributed by atoms with E-state index in [1.165, 1.54) is 11.3 Å². The molecule has 1 atom stereocenters. The summed E-state index contributed by atoms with van der Waals surface area (Å²) in [5, 5.41) is 4.48. The van der Waals surface area contributed by atoms with Gasteiger partial charge in [-0.2, -0.15) is 0 Å². The maximum atomic E-state index is 12.9. The normalized spacial score (nSPS) is 19.3. The van der Waals surface area contributed by atoms with Gasteiger partial charge >= 0.3 is 0 Å². The van der Waals surface area contributed by atoms with Gasteiger partial charge in [0.05, 0.1) is 10.7 Å². The van der Waals surface area contributed by atoms with Gasteiger partial charge < -0.3 is 19.7 Å². The van der Waals surface area contributed by atoms with Crippen molar-refractivity contribution in [2.45, 2.75) is 32.7 Å². The van der Waals surface area contributed by atoms with Crippen LogP contribution in [0.25, 0.3) is 0 Å². The number of carbonyl (C=O) groups is 1. The third kappa shape index (κ3) is 3.49. The smallest absolute Gasteiger partial charge is 0.265 e. The maximum absolute atomic E-state index is 12.9. The molecule has 1 fully saturated rings. The molecule has 1 N–H and O–H groups in total. The second kappa shape index (κ2) is 7.15. The molecule has 1 amide bonds. The molecule has 138 valence electrons. The fourth-order valence-corrected chi connectivity index (χ4v) is 4.41. The zero-order chi connectivity index (χ0) is 18.1. The predicted octanol–water partition coefficient (Wildman–Crippen LogP) is 3.25. The highest BCUT2D eigenvalue weighted by atomic mass is 32.1. The summed E-state index contributed by atoms with van der Waals surface area (Å²) < 4.78 is 11.2. The van der Waals surface area contributed by atoms with Crippen LogP contribution in [-0.4, -0.2) is 48.1 Å². The fourth-order valence-electron chi connectivity index (χ4n) is 3.52. The number of rotatable bonds is 3. The topological polar surface area (TPSA) is 63.7 Å². The number of nitrogens with zero attached hydrogens (tertiary/aromatic N) is 2. The standard InChI is InChI=1S/C19H23N3O3S/c1-12-18(26-13(2)20-12)19(23)22-7-3-4-15(11-22)21-14-5-6-16-17(10-14)25-9-8-24-16/h5-6,10,15,21H,3-4,7-9,11H2,1-2H3/t15-/m0/s1. The molecule has 0 bridgehead atoms. The van der Waals surface area contributed by atoms with Crippen LogP contribution in [0.5, 0.6) is 11.5 Å². The monoisotopic (exact) mass is 373 g/mol. The van der Waals surface area contributed by atoms with Gasteiger partial charge in [-0.25, -0.2) is 4.98 Å². The van der Waals surface area contributed by atoms with Gasteiger partial charge in [-0.1, -0.05) is 0 Å². The summed E-state index contributed by atoms with van der Waals surface area (Å²) in [4.78, 5) is 19.9. The Balaban J connectivity index is 1.44. The van der Waals surface area contributed by atoms with Crippen LogP contribution in [0, 0.1) is 13.8 Å². The summed E-state index contributed by atoms with van der Waals surface area (Å²) >= 11 is 1.48. The first kappa shape index (κ1) is 17.1. The number of aromatic nitrogens is 1. The van der Waals surface area contributed by atoms with Crippen molar-refractivity contribution in [3.63, 3.8) is 0 Å². The van der Waals surface area contributed by atoms with E-state index in [2.05, 4.69) is 10.3 Å². The van der Waals surface area contributed by atoms with E-state index in [0.29, 0.717) is 19.8 Å². The SMILES string of the molecule is Cc1nc(C)c(C(=O)N2CCC[C@H](Nc3ccc4c(c3)OCCO4)C2)s1. The Labute approximate surface area is 157 Å². The number of carbonyl (C=O) groups excluding carboxylic acids is 1. The number of fused-ring (bicyclic) bond motifs is 1. The molecule has 7 heteroatoms. The van der Waals surface area contributed by atoms with Gasteiger partial charge in [0, 0.05) is 30.9 Å². The van der Waals surface area contributed by atoms with Gasteiger partial charge in [-0.15, -0.1) is 11.3 Å². The summed E-state index contributed by atoms with van der Waals surface area (Å²) in [6.45, 7) is 6.52. The van der Waals surface area contributed by atoms with Crippen molar-refractivity contribution >= 4 is 22.9 Å². The number of aryl methyl sites for hydroxylation is 2. The summed E-state index contributed by atoms with van der Waals surface area (Å²) in [5.41, 5.74) is 1.83. The van der Waals surface area contributed by atoms with Crippen LogP contribution in [-0.2, 0) is 0 Å². The molecule has 1 aromatic carbocycles. The number of likely N-dealkylation sites (tertiary alicyclic amines) is 1. The summed E-state index contributed by atoms with van der Waals surface area (Å²) in [6.07, 6.45) is 2.03. The van der Waals surface area contributed by atoms with E-state index in [-0.39, 0.29) is 11.9 Å². The summed E-state index contributed by atoms with van der Waals surface area (Å²) in [6, 6.07) is 6.15. The van der Waals surface area contributed by atoms with E-state index < -0.39 is 0 Å². The molecule has 26 heavy (non-hydrogen) atoms. The molecule has 1 aromatic heterocycles. The van der Waals surface area contributed by atoms with Gasteiger partial charge in [-0.05, 0) is 38.8 Å². The number of hydrogen-bond donors (Lipinski definition) is 1. The van der Waals surface area contributed by atoms with Crippen molar-refractivity contribution in [2.24, 2.45) is 0 Å². The molecule has 3 heterocycles. The molecule has 2 aromatic rings. The first-order valence-corrected chi connectivity index (χ1v) is 9.81. The zero-order valence-electron chi connectivity index (χ0n) is 15.1. The van der Waals surface area contributed by atoms with Crippen LogP contribution < -0.4 is 14.8 Å². The Bertz CT molecular complexity index is 820. The number of hydrogen-bond acceptors (Lipinski definition) is 6. The minimum atomic E-state index is 0.0989. The van der Waals surface area contributed by atoms with E-state index in [1.807, 2.05) is 36.9 Å². The molecule has 0 unspecified atom stereocenters. The molecule has 2 aliphatic rings. The van der Waals surface area contributed by atoms with Gasteiger partial charge in [0.2, 0.25) is 0 Å². The van der Waals surface area contributed by atoms with E-state index in [1.54, 1.807) is 0 Å².